The predicted octanol–water partition coefficient (Wildman–Crippen LogP) is 3.02. The minimum absolute atomic E-state index is 0.0643. The van der Waals surface area contributed by atoms with E-state index in [9.17, 15) is 14.4 Å². The number of rotatable bonds is 6. The van der Waals surface area contributed by atoms with Gasteiger partial charge in [0, 0.05) is 25.8 Å². The highest BCUT2D eigenvalue weighted by Crippen LogP contribution is 2.40. The summed E-state index contributed by atoms with van der Waals surface area (Å²) in [7, 11) is 1.38. The van der Waals surface area contributed by atoms with Crippen LogP contribution in [0.1, 0.15) is 95.7 Å². The maximum atomic E-state index is 13.2. The summed E-state index contributed by atoms with van der Waals surface area (Å²) in [5, 5.41) is 7.28. The topological polar surface area (TPSA) is 115 Å². The number of nitrogens with one attached hydrogen (secondary N) is 1. The molecule has 9 heteroatoms. The van der Waals surface area contributed by atoms with Crippen molar-refractivity contribution in [2.45, 2.75) is 108 Å². The maximum absolute atomic E-state index is 13.2. The molecule has 3 fully saturated rings. The summed E-state index contributed by atoms with van der Waals surface area (Å²) >= 11 is 0. The molecule has 2 amide bonds. The van der Waals surface area contributed by atoms with Gasteiger partial charge < -0.3 is 19.5 Å². The second kappa shape index (κ2) is 10.2. The Morgan fingerprint density at radius 2 is 1.85 bits per heavy atom. The van der Waals surface area contributed by atoms with Crippen LogP contribution in [-0.2, 0) is 31.1 Å². The summed E-state index contributed by atoms with van der Waals surface area (Å²) < 4.78 is 10.5. The van der Waals surface area contributed by atoms with Gasteiger partial charge in [0.15, 0.2) is 5.82 Å². The first-order valence-corrected chi connectivity index (χ1v) is 12.4. The summed E-state index contributed by atoms with van der Waals surface area (Å²) in [5.74, 6) is 0.760. The van der Waals surface area contributed by atoms with E-state index in [1.165, 1.54) is 14.0 Å². The second-order valence-electron chi connectivity index (χ2n) is 9.88. The highest BCUT2D eigenvalue weighted by molar-refractivity contribution is 5.85. The number of amides is 2. The first-order chi connectivity index (χ1) is 15.9. The molecule has 4 rings (SSSR count). The Morgan fingerprint density at radius 1 is 1.12 bits per heavy atom. The number of methoxy groups -OCH3 is 1. The molecule has 0 bridgehead atoms. The molecular formula is C24H36N4O5. The van der Waals surface area contributed by atoms with Gasteiger partial charge in [-0.2, -0.15) is 4.98 Å². The van der Waals surface area contributed by atoms with E-state index in [4.69, 9.17) is 9.26 Å². The zero-order valence-electron chi connectivity index (χ0n) is 19.8. The molecule has 1 aromatic rings. The molecular weight excluding hydrogens is 424 g/mol. The van der Waals surface area contributed by atoms with Crippen LogP contribution in [0.15, 0.2) is 4.52 Å². The molecule has 1 aliphatic heterocycles. The lowest BCUT2D eigenvalue weighted by Crippen LogP contribution is -2.46. The predicted molar refractivity (Wildman–Crippen MR) is 119 cm³/mol. The van der Waals surface area contributed by atoms with Gasteiger partial charge in [0.05, 0.1) is 7.11 Å². The monoisotopic (exact) mass is 460 g/mol. The molecule has 3 atom stereocenters. The molecule has 2 saturated carbocycles. The summed E-state index contributed by atoms with van der Waals surface area (Å²) in [6.45, 7) is 1.51. The smallest absolute Gasteiger partial charge is 0.328 e. The molecule has 1 saturated heterocycles. The first-order valence-electron chi connectivity index (χ1n) is 12.4. The van der Waals surface area contributed by atoms with Gasteiger partial charge in [0.2, 0.25) is 17.7 Å². The van der Waals surface area contributed by atoms with Crippen LogP contribution in [0.25, 0.3) is 0 Å². The zero-order chi connectivity index (χ0) is 23.4. The lowest BCUT2D eigenvalue weighted by Gasteiger charge is -2.33. The van der Waals surface area contributed by atoms with E-state index in [1.807, 2.05) is 0 Å². The fraction of sp³-hybridized carbons (Fsp3) is 0.792. The minimum Gasteiger partial charge on any atom is -0.467 e. The molecule has 0 spiro atoms. The van der Waals surface area contributed by atoms with E-state index in [-0.39, 0.29) is 30.2 Å². The Morgan fingerprint density at radius 3 is 2.55 bits per heavy atom. The van der Waals surface area contributed by atoms with Crippen LogP contribution in [0.4, 0.5) is 0 Å². The van der Waals surface area contributed by atoms with Gasteiger partial charge in [-0.05, 0) is 38.0 Å². The van der Waals surface area contributed by atoms with E-state index in [0.29, 0.717) is 30.5 Å². The third kappa shape index (κ3) is 5.06. The van der Waals surface area contributed by atoms with Gasteiger partial charge >= 0.3 is 5.97 Å². The Balaban J connectivity index is 1.45. The Labute approximate surface area is 195 Å². The van der Waals surface area contributed by atoms with Gasteiger partial charge in [-0.15, -0.1) is 0 Å². The second-order valence-corrected chi connectivity index (χ2v) is 9.88. The fourth-order valence-corrected chi connectivity index (χ4v) is 6.13. The molecule has 33 heavy (non-hydrogen) atoms. The molecule has 3 unspecified atom stereocenters. The van der Waals surface area contributed by atoms with Crippen molar-refractivity contribution in [3.05, 3.63) is 11.7 Å². The molecule has 1 N–H and O–H groups in total. The molecule has 3 aliphatic rings. The molecule has 0 radical (unpaired) electrons. The molecule has 2 heterocycles. The minimum atomic E-state index is -0.603. The first kappa shape index (κ1) is 23.7. The molecule has 0 aromatic carbocycles. The Kier molecular flexibility index (Phi) is 7.34. The number of hydrogen-bond acceptors (Lipinski definition) is 7. The largest absolute Gasteiger partial charge is 0.467 e. The van der Waals surface area contributed by atoms with Crippen molar-refractivity contribution in [1.29, 1.82) is 0 Å². The number of likely N-dealkylation sites (tertiary alicyclic amines) is 1. The fourth-order valence-electron chi connectivity index (χ4n) is 6.13. The Hall–Kier alpha value is -2.45. The van der Waals surface area contributed by atoms with Gasteiger partial charge in [0.1, 0.15) is 11.6 Å². The van der Waals surface area contributed by atoms with Crippen LogP contribution in [-0.4, -0.2) is 52.0 Å². The van der Waals surface area contributed by atoms with Crippen molar-refractivity contribution >= 4 is 17.8 Å². The highest BCUT2D eigenvalue weighted by Gasteiger charge is 2.47. The van der Waals surface area contributed by atoms with Crippen LogP contribution >= 0.6 is 0 Å². The van der Waals surface area contributed by atoms with Crippen LogP contribution in [0.3, 0.4) is 0 Å². The van der Waals surface area contributed by atoms with Crippen molar-refractivity contribution < 1.29 is 23.6 Å². The molecule has 182 valence electrons. The van der Waals surface area contributed by atoms with Crippen LogP contribution in [0.2, 0.25) is 0 Å². The highest BCUT2D eigenvalue weighted by atomic mass is 16.5. The SMILES string of the molecule is COC(=O)C1CC2CCCCC2N1C(=O)CCc1nc(C2(NC(C)=O)CCCCCC2)no1. The maximum Gasteiger partial charge on any atom is 0.328 e. The summed E-state index contributed by atoms with van der Waals surface area (Å²) in [5.41, 5.74) is -0.603. The normalized spacial score (nSPS) is 26.8. The van der Waals surface area contributed by atoms with Crippen LogP contribution < -0.4 is 5.32 Å². The van der Waals surface area contributed by atoms with E-state index in [0.717, 1.165) is 64.2 Å². The van der Waals surface area contributed by atoms with Crippen molar-refractivity contribution in [2.24, 2.45) is 5.92 Å². The number of aryl methyl sites for hydroxylation is 1. The van der Waals surface area contributed by atoms with Crippen LogP contribution in [0.5, 0.6) is 0 Å². The van der Waals surface area contributed by atoms with Gasteiger partial charge in [0.25, 0.3) is 0 Å². The number of fused-ring (bicyclic) bond motifs is 1. The van der Waals surface area contributed by atoms with Gasteiger partial charge in [-0.1, -0.05) is 43.7 Å². The lowest BCUT2D eigenvalue weighted by atomic mass is 9.84. The third-order valence-electron chi connectivity index (χ3n) is 7.67. The number of carbonyl (C=O) groups is 3. The van der Waals surface area contributed by atoms with Gasteiger partial charge in [-0.25, -0.2) is 4.79 Å². The molecule has 9 nitrogen and oxygen atoms in total. The Bertz CT molecular complexity index is 861. The summed E-state index contributed by atoms with van der Waals surface area (Å²) in [6, 6.07) is -0.384. The zero-order valence-corrected chi connectivity index (χ0v) is 19.8. The standard InChI is InChI=1S/C24H36N4O5/c1-16(29)26-24(13-7-3-4-8-14-24)23-25-20(33-27-23)11-12-21(30)28-18-10-6-5-9-17(18)15-19(28)22(31)32-2/h17-19H,3-15H2,1-2H3,(H,26,29). The van der Waals surface area contributed by atoms with E-state index >= 15 is 0 Å². The summed E-state index contributed by atoms with van der Waals surface area (Å²) in [4.78, 5) is 43.9. The molecule has 1 aromatic heterocycles. The number of carbonyl (C=O) groups excluding carboxylic acids is 3. The number of esters is 1. The number of ether oxygens (including phenoxy) is 1. The van der Waals surface area contributed by atoms with E-state index in [1.54, 1.807) is 4.90 Å². The lowest BCUT2D eigenvalue weighted by molar-refractivity contribution is -0.152. The average molecular weight is 461 g/mol. The van der Waals surface area contributed by atoms with E-state index in [2.05, 4.69) is 15.5 Å². The summed E-state index contributed by atoms with van der Waals surface area (Å²) in [6.07, 6.45) is 11.2. The third-order valence-corrected chi connectivity index (χ3v) is 7.67. The quantitative estimate of drug-likeness (QED) is 0.512. The number of aromatic nitrogens is 2. The van der Waals surface area contributed by atoms with Crippen molar-refractivity contribution in [1.82, 2.24) is 20.4 Å². The van der Waals surface area contributed by atoms with Crippen LogP contribution in [0, 0.1) is 5.92 Å². The van der Waals surface area contributed by atoms with Crippen molar-refractivity contribution in [3.8, 4) is 0 Å². The van der Waals surface area contributed by atoms with Crippen molar-refractivity contribution in [3.63, 3.8) is 0 Å². The molecule has 2 aliphatic carbocycles. The van der Waals surface area contributed by atoms with E-state index < -0.39 is 11.6 Å². The van der Waals surface area contributed by atoms with Crippen molar-refractivity contribution in [2.75, 3.05) is 7.11 Å². The average Bonchev–Trinajstić information content (AvgIpc) is 3.37. The number of hydrogen-bond donors (Lipinski definition) is 1. The number of nitrogens with zero attached hydrogens (tertiary/aromatic N) is 3. The van der Waals surface area contributed by atoms with Gasteiger partial charge in [-0.3, -0.25) is 9.59 Å².